The van der Waals surface area contributed by atoms with E-state index in [-0.39, 0.29) is 18.3 Å². The van der Waals surface area contributed by atoms with Crippen LogP contribution in [0.15, 0.2) is 34.8 Å². The zero-order valence-electron chi connectivity index (χ0n) is 17.0. The molecule has 0 radical (unpaired) electrons. The minimum Gasteiger partial charge on any atom is -0.506 e. The summed E-state index contributed by atoms with van der Waals surface area (Å²) in [6.07, 6.45) is 2.29. The minimum atomic E-state index is -0.378. The third-order valence-corrected chi connectivity index (χ3v) is 6.52. The number of hydrogen-bond donors (Lipinski definition) is 1. The summed E-state index contributed by atoms with van der Waals surface area (Å²) < 4.78 is 8.03. The maximum absolute atomic E-state index is 13.0. The first kappa shape index (κ1) is 21.2. The first-order valence-corrected chi connectivity index (χ1v) is 11.3. The fraction of sp³-hybridized carbons (Fsp3) is 0.348. The average molecular weight is 492 g/mol. The largest absolute Gasteiger partial charge is 0.506 e. The molecule has 0 bridgehead atoms. The van der Waals surface area contributed by atoms with Crippen LogP contribution in [0.5, 0.6) is 5.75 Å². The van der Waals surface area contributed by atoms with E-state index in [9.17, 15) is 9.90 Å². The highest BCUT2D eigenvalue weighted by atomic mass is 79.9. The van der Waals surface area contributed by atoms with Gasteiger partial charge in [0.2, 0.25) is 0 Å². The van der Waals surface area contributed by atoms with Crippen LogP contribution < -0.4 is 0 Å². The van der Waals surface area contributed by atoms with E-state index in [0.717, 1.165) is 53.8 Å². The number of rotatable bonds is 5. The molecule has 158 valence electrons. The van der Waals surface area contributed by atoms with Crippen molar-refractivity contribution in [2.45, 2.75) is 33.2 Å². The van der Waals surface area contributed by atoms with Crippen LogP contribution >= 0.6 is 27.5 Å². The molecule has 1 aliphatic heterocycles. The predicted molar refractivity (Wildman–Crippen MR) is 123 cm³/mol. The normalized spacial score (nSPS) is 14.5. The Bertz CT molecular complexity index is 1100. The fourth-order valence-corrected chi connectivity index (χ4v) is 4.88. The van der Waals surface area contributed by atoms with E-state index >= 15 is 0 Å². The molecule has 2 aromatic carbocycles. The van der Waals surface area contributed by atoms with Crippen molar-refractivity contribution >= 4 is 44.4 Å². The summed E-state index contributed by atoms with van der Waals surface area (Å²) >= 11 is 9.61. The number of aromatic nitrogens is 1. The van der Waals surface area contributed by atoms with Crippen LogP contribution in [0.4, 0.5) is 0 Å². The van der Waals surface area contributed by atoms with Gasteiger partial charge < -0.3 is 14.4 Å². The Balaban J connectivity index is 2.03. The summed E-state index contributed by atoms with van der Waals surface area (Å²) in [5.41, 5.74) is 3.75. The summed E-state index contributed by atoms with van der Waals surface area (Å²) in [6, 6.07) is 9.36. The van der Waals surface area contributed by atoms with Gasteiger partial charge in [-0.1, -0.05) is 11.6 Å². The lowest BCUT2D eigenvalue weighted by molar-refractivity contribution is 0.0527. The Morgan fingerprint density at radius 3 is 2.53 bits per heavy atom. The van der Waals surface area contributed by atoms with E-state index in [0.29, 0.717) is 21.6 Å². The molecule has 1 N–H and O–H groups in total. The van der Waals surface area contributed by atoms with Crippen molar-refractivity contribution in [3.63, 3.8) is 0 Å². The van der Waals surface area contributed by atoms with Gasteiger partial charge in [-0.05, 0) is 86.0 Å². The molecule has 0 spiro atoms. The molecule has 1 aliphatic rings. The van der Waals surface area contributed by atoms with E-state index in [2.05, 4.69) is 20.8 Å². The number of phenols is 1. The first-order chi connectivity index (χ1) is 14.4. The number of carbonyl (C=O) groups is 1. The van der Waals surface area contributed by atoms with Crippen molar-refractivity contribution in [2.75, 3.05) is 19.7 Å². The van der Waals surface area contributed by atoms with Gasteiger partial charge in [-0.2, -0.15) is 0 Å². The van der Waals surface area contributed by atoms with E-state index in [1.807, 2.05) is 41.8 Å². The number of ether oxygens (including phenoxy) is 1. The topological polar surface area (TPSA) is 54.7 Å². The van der Waals surface area contributed by atoms with Gasteiger partial charge in [-0.3, -0.25) is 4.90 Å². The van der Waals surface area contributed by atoms with Crippen LogP contribution in [-0.4, -0.2) is 40.2 Å². The second kappa shape index (κ2) is 8.61. The van der Waals surface area contributed by atoms with Crippen molar-refractivity contribution in [1.29, 1.82) is 0 Å². The summed E-state index contributed by atoms with van der Waals surface area (Å²) in [5.74, 6) is -0.203. The van der Waals surface area contributed by atoms with Gasteiger partial charge in [-0.15, -0.1) is 0 Å². The van der Waals surface area contributed by atoms with Crippen molar-refractivity contribution in [3.8, 4) is 11.4 Å². The Hall–Kier alpha value is -2.02. The lowest BCUT2D eigenvalue weighted by Gasteiger charge is -2.18. The number of hydrogen-bond acceptors (Lipinski definition) is 4. The third-order valence-electron chi connectivity index (χ3n) is 5.67. The van der Waals surface area contributed by atoms with Crippen molar-refractivity contribution in [1.82, 2.24) is 9.47 Å². The number of esters is 1. The molecule has 4 rings (SSSR count). The van der Waals surface area contributed by atoms with Gasteiger partial charge >= 0.3 is 5.97 Å². The molecule has 5 nitrogen and oxygen atoms in total. The van der Waals surface area contributed by atoms with Crippen LogP contribution in [0.2, 0.25) is 5.02 Å². The van der Waals surface area contributed by atoms with Gasteiger partial charge in [-0.25, -0.2) is 4.79 Å². The van der Waals surface area contributed by atoms with Gasteiger partial charge in [0.05, 0.1) is 22.2 Å². The molecule has 0 atom stereocenters. The van der Waals surface area contributed by atoms with Crippen LogP contribution in [0.25, 0.3) is 16.6 Å². The lowest BCUT2D eigenvalue weighted by Crippen LogP contribution is -2.19. The quantitative estimate of drug-likeness (QED) is 0.456. The molecule has 1 fully saturated rings. The Morgan fingerprint density at radius 2 is 1.90 bits per heavy atom. The van der Waals surface area contributed by atoms with E-state index in [4.69, 9.17) is 16.3 Å². The number of phenolic OH excluding ortho intramolecular Hbond substituents is 1. The van der Waals surface area contributed by atoms with Gasteiger partial charge in [0, 0.05) is 33.9 Å². The van der Waals surface area contributed by atoms with Gasteiger partial charge in [0.1, 0.15) is 5.75 Å². The first-order valence-electron chi connectivity index (χ1n) is 10.1. The number of likely N-dealkylation sites (tertiary alicyclic amines) is 1. The molecular weight excluding hydrogens is 468 g/mol. The molecule has 1 saturated heterocycles. The Kier molecular flexibility index (Phi) is 6.09. The number of carbonyl (C=O) groups excluding carboxylic acids is 1. The molecular formula is C23H24BrClN2O3. The second-order valence-corrected chi connectivity index (χ2v) is 8.85. The molecule has 30 heavy (non-hydrogen) atoms. The molecule has 0 aliphatic carbocycles. The second-order valence-electron chi connectivity index (χ2n) is 7.56. The number of benzene rings is 2. The van der Waals surface area contributed by atoms with E-state index in [1.54, 1.807) is 6.92 Å². The SMILES string of the molecule is CCOC(=O)c1c(C)n(-c2ccc(Cl)cc2)c2cc(Br)c(O)c(CN3CCCC3)c12. The molecule has 3 aromatic rings. The summed E-state index contributed by atoms with van der Waals surface area (Å²) in [4.78, 5) is 15.3. The number of fused-ring (bicyclic) bond motifs is 1. The summed E-state index contributed by atoms with van der Waals surface area (Å²) in [6.45, 7) is 6.54. The van der Waals surface area contributed by atoms with Crippen molar-refractivity contribution in [3.05, 3.63) is 56.6 Å². The number of nitrogens with zero attached hydrogens (tertiary/aromatic N) is 2. The summed E-state index contributed by atoms with van der Waals surface area (Å²) in [7, 11) is 0. The zero-order valence-corrected chi connectivity index (χ0v) is 19.4. The number of halogens is 2. The lowest BCUT2D eigenvalue weighted by atomic mass is 10.0. The highest BCUT2D eigenvalue weighted by Gasteiger charge is 2.28. The van der Waals surface area contributed by atoms with Crippen molar-refractivity contribution in [2.24, 2.45) is 0 Å². The molecule has 0 unspecified atom stereocenters. The highest BCUT2D eigenvalue weighted by molar-refractivity contribution is 9.10. The average Bonchev–Trinajstić information content (AvgIpc) is 3.32. The third kappa shape index (κ3) is 3.72. The molecule has 7 heteroatoms. The van der Waals surface area contributed by atoms with E-state index in [1.165, 1.54) is 0 Å². The van der Waals surface area contributed by atoms with Gasteiger partial charge in [0.15, 0.2) is 0 Å². The van der Waals surface area contributed by atoms with Gasteiger partial charge in [0.25, 0.3) is 0 Å². The van der Waals surface area contributed by atoms with Crippen LogP contribution in [0.1, 0.15) is 41.4 Å². The molecule has 0 saturated carbocycles. The smallest absolute Gasteiger partial charge is 0.340 e. The summed E-state index contributed by atoms with van der Waals surface area (Å²) in [5, 5.41) is 12.3. The molecule has 1 aromatic heterocycles. The maximum Gasteiger partial charge on any atom is 0.340 e. The fourth-order valence-electron chi connectivity index (χ4n) is 4.30. The molecule has 2 heterocycles. The zero-order chi connectivity index (χ0) is 21.4. The standard InChI is InChI=1S/C23H24BrClN2O3/c1-3-30-23(29)20-14(2)27(16-8-6-15(25)7-9-16)19-12-18(24)22(28)17(21(19)20)13-26-10-4-5-11-26/h6-9,12,28H,3-5,10-11,13H2,1-2H3. The van der Waals surface area contributed by atoms with Crippen LogP contribution in [-0.2, 0) is 11.3 Å². The minimum absolute atomic E-state index is 0.174. The Labute approximate surface area is 189 Å². The van der Waals surface area contributed by atoms with Crippen molar-refractivity contribution < 1.29 is 14.6 Å². The van der Waals surface area contributed by atoms with Crippen LogP contribution in [0.3, 0.4) is 0 Å². The molecule has 0 amide bonds. The van der Waals surface area contributed by atoms with E-state index < -0.39 is 0 Å². The Morgan fingerprint density at radius 1 is 1.23 bits per heavy atom. The monoisotopic (exact) mass is 490 g/mol. The number of aromatic hydroxyl groups is 1. The highest BCUT2D eigenvalue weighted by Crippen LogP contribution is 2.41. The van der Waals surface area contributed by atoms with Crippen LogP contribution in [0, 0.1) is 6.92 Å². The predicted octanol–water partition coefficient (Wildman–Crippen LogP) is 5.83. The maximum atomic E-state index is 13.0.